The van der Waals surface area contributed by atoms with Crippen LogP contribution in [0.4, 0.5) is 4.39 Å². The minimum Gasteiger partial charge on any atom is -0.480 e. The van der Waals surface area contributed by atoms with Crippen molar-refractivity contribution in [3.63, 3.8) is 0 Å². The van der Waals surface area contributed by atoms with Crippen LogP contribution < -0.4 is 0 Å². The molecule has 2 heterocycles. The molecule has 138 valence electrons. The van der Waals surface area contributed by atoms with E-state index in [1.165, 1.54) is 0 Å². The number of aryl methyl sites for hydroxylation is 1. The highest BCUT2D eigenvalue weighted by Gasteiger charge is 2.47. The van der Waals surface area contributed by atoms with E-state index in [1.807, 2.05) is 19.1 Å². The SMILES string of the molecule is CCCN1CC2(CCN(Cc3ccc(C)cc3F)CC2)C[C@H]1C(=O)O. The number of hydrogen-bond donors (Lipinski definition) is 1. The maximum absolute atomic E-state index is 14.1. The molecule has 3 rings (SSSR count). The molecule has 0 saturated carbocycles. The standard InChI is InChI=1S/C20H29FN2O2/c1-3-8-23-14-20(12-18(23)19(24)25)6-9-22(10-7-20)13-16-5-4-15(2)11-17(16)21/h4-5,11,18H,3,6-10,12-14H2,1-2H3,(H,24,25)/t18-/m0/s1. The zero-order valence-corrected chi connectivity index (χ0v) is 15.3. The van der Waals surface area contributed by atoms with Crippen molar-refractivity contribution in [3.8, 4) is 0 Å². The number of carboxylic acid groups (broad SMARTS) is 1. The first-order valence-corrected chi connectivity index (χ1v) is 9.37. The molecule has 0 amide bonds. The highest BCUT2D eigenvalue weighted by Crippen LogP contribution is 2.43. The normalized spacial score (nSPS) is 24.0. The van der Waals surface area contributed by atoms with E-state index in [4.69, 9.17) is 0 Å². The molecule has 1 atom stereocenters. The number of carboxylic acids is 1. The predicted molar refractivity (Wildman–Crippen MR) is 96.0 cm³/mol. The van der Waals surface area contributed by atoms with Crippen LogP contribution in [0.3, 0.4) is 0 Å². The van der Waals surface area contributed by atoms with Gasteiger partial charge in [0.25, 0.3) is 0 Å². The van der Waals surface area contributed by atoms with Crippen LogP contribution >= 0.6 is 0 Å². The fourth-order valence-corrected chi connectivity index (χ4v) is 4.48. The molecule has 2 fully saturated rings. The summed E-state index contributed by atoms with van der Waals surface area (Å²) >= 11 is 0. The molecule has 4 nitrogen and oxygen atoms in total. The first-order valence-electron chi connectivity index (χ1n) is 9.37. The second-order valence-corrected chi connectivity index (χ2v) is 7.90. The van der Waals surface area contributed by atoms with Gasteiger partial charge in [0.15, 0.2) is 0 Å². The summed E-state index contributed by atoms with van der Waals surface area (Å²) in [4.78, 5) is 16.0. The van der Waals surface area contributed by atoms with Crippen molar-refractivity contribution in [1.29, 1.82) is 0 Å². The third-order valence-electron chi connectivity index (χ3n) is 5.92. The van der Waals surface area contributed by atoms with Crippen LogP contribution in [0, 0.1) is 18.2 Å². The van der Waals surface area contributed by atoms with Crippen LogP contribution in [0.1, 0.15) is 43.7 Å². The molecule has 0 bridgehead atoms. The second kappa shape index (κ2) is 7.42. The molecule has 1 spiro atoms. The minimum atomic E-state index is -0.686. The molecule has 0 aromatic heterocycles. The number of benzene rings is 1. The predicted octanol–water partition coefficient (Wildman–Crippen LogP) is 3.29. The summed E-state index contributed by atoms with van der Waals surface area (Å²) in [7, 11) is 0. The Morgan fingerprint density at radius 2 is 2.08 bits per heavy atom. The molecule has 2 saturated heterocycles. The average molecular weight is 348 g/mol. The van der Waals surface area contributed by atoms with Crippen molar-refractivity contribution >= 4 is 5.97 Å². The van der Waals surface area contributed by atoms with Gasteiger partial charge in [0, 0.05) is 18.7 Å². The Bertz CT molecular complexity index is 626. The van der Waals surface area contributed by atoms with Gasteiger partial charge in [0.1, 0.15) is 11.9 Å². The monoisotopic (exact) mass is 348 g/mol. The Morgan fingerprint density at radius 1 is 1.36 bits per heavy atom. The summed E-state index contributed by atoms with van der Waals surface area (Å²) in [6.07, 6.45) is 3.75. The molecule has 2 aliphatic heterocycles. The van der Waals surface area contributed by atoms with Crippen LogP contribution in [0.15, 0.2) is 18.2 Å². The Balaban J connectivity index is 1.60. The molecular formula is C20H29FN2O2. The van der Waals surface area contributed by atoms with Gasteiger partial charge in [-0.3, -0.25) is 14.6 Å². The molecule has 1 N–H and O–H groups in total. The lowest BCUT2D eigenvalue weighted by Gasteiger charge is -2.39. The molecule has 5 heteroatoms. The van der Waals surface area contributed by atoms with E-state index >= 15 is 0 Å². The zero-order valence-electron chi connectivity index (χ0n) is 15.3. The third kappa shape index (κ3) is 4.04. The van der Waals surface area contributed by atoms with E-state index in [9.17, 15) is 14.3 Å². The number of nitrogens with zero attached hydrogens (tertiary/aromatic N) is 2. The maximum Gasteiger partial charge on any atom is 0.320 e. The molecule has 25 heavy (non-hydrogen) atoms. The van der Waals surface area contributed by atoms with Crippen LogP contribution in [-0.2, 0) is 11.3 Å². The van der Waals surface area contributed by atoms with E-state index < -0.39 is 5.97 Å². The topological polar surface area (TPSA) is 43.8 Å². The van der Waals surface area contributed by atoms with Crippen molar-refractivity contribution in [1.82, 2.24) is 9.80 Å². The van der Waals surface area contributed by atoms with Crippen molar-refractivity contribution < 1.29 is 14.3 Å². The Labute approximate surface area is 149 Å². The van der Waals surface area contributed by atoms with Crippen molar-refractivity contribution in [2.24, 2.45) is 5.41 Å². The number of rotatable bonds is 5. The number of likely N-dealkylation sites (tertiary alicyclic amines) is 2. The Kier molecular flexibility index (Phi) is 5.44. The van der Waals surface area contributed by atoms with Crippen LogP contribution in [0.5, 0.6) is 0 Å². The van der Waals surface area contributed by atoms with Crippen molar-refractivity contribution in [3.05, 3.63) is 35.1 Å². The molecule has 0 unspecified atom stereocenters. The highest BCUT2D eigenvalue weighted by atomic mass is 19.1. The largest absolute Gasteiger partial charge is 0.480 e. The van der Waals surface area contributed by atoms with Gasteiger partial charge in [-0.15, -0.1) is 0 Å². The minimum absolute atomic E-state index is 0.124. The summed E-state index contributed by atoms with van der Waals surface area (Å²) < 4.78 is 14.1. The van der Waals surface area contributed by atoms with E-state index in [1.54, 1.807) is 6.07 Å². The van der Waals surface area contributed by atoms with Gasteiger partial charge in [0.05, 0.1) is 0 Å². The molecule has 1 aromatic rings. The first-order chi connectivity index (χ1) is 11.9. The van der Waals surface area contributed by atoms with E-state index in [-0.39, 0.29) is 17.3 Å². The number of carbonyl (C=O) groups is 1. The van der Waals surface area contributed by atoms with Crippen LogP contribution in [-0.4, -0.2) is 53.1 Å². The number of piperidine rings is 1. The molecular weight excluding hydrogens is 319 g/mol. The van der Waals surface area contributed by atoms with Gasteiger partial charge < -0.3 is 5.11 Å². The third-order valence-corrected chi connectivity index (χ3v) is 5.92. The number of halogens is 1. The number of aliphatic carboxylic acids is 1. The first kappa shape index (κ1) is 18.3. The van der Waals surface area contributed by atoms with Gasteiger partial charge in [-0.1, -0.05) is 19.1 Å². The van der Waals surface area contributed by atoms with Gasteiger partial charge in [-0.05, 0) is 69.3 Å². The maximum atomic E-state index is 14.1. The van der Waals surface area contributed by atoms with Crippen molar-refractivity contribution in [2.45, 2.75) is 52.1 Å². The quantitative estimate of drug-likeness (QED) is 0.887. The Morgan fingerprint density at radius 3 is 2.68 bits per heavy atom. The zero-order chi connectivity index (χ0) is 18.0. The Hall–Kier alpha value is -1.46. The summed E-state index contributed by atoms with van der Waals surface area (Å²) in [5, 5.41) is 9.53. The van der Waals surface area contributed by atoms with E-state index in [0.29, 0.717) is 6.54 Å². The molecule has 2 aliphatic rings. The lowest BCUT2D eigenvalue weighted by molar-refractivity contribution is -0.142. The van der Waals surface area contributed by atoms with Crippen LogP contribution in [0.25, 0.3) is 0 Å². The summed E-state index contributed by atoms with van der Waals surface area (Å²) in [5.74, 6) is -0.810. The summed E-state index contributed by atoms with van der Waals surface area (Å²) in [5.41, 5.74) is 1.82. The van der Waals surface area contributed by atoms with E-state index in [0.717, 1.165) is 63.0 Å². The summed E-state index contributed by atoms with van der Waals surface area (Å²) in [6, 6.07) is 5.10. The highest BCUT2D eigenvalue weighted by molar-refractivity contribution is 5.74. The van der Waals surface area contributed by atoms with Gasteiger partial charge in [0.2, 0.25) is 0 Å². The molecule has 0 aliphatic carbocycles. The summed E-state index contributed by atoms with van der Waals surface area (Å²) in [6.45, 7) is 8.23. The smallest absolute Gasteiger partial charge is 0.320 e. The number of hydrogen-bond acceptors (Lipinski definition) is 3. The lowest BCUT2D eigenvalue weighted by Crippen LogP contribution is -2.41. The fourth-order valence-electron chi connectivity index (χ4n) is 4.48. The van der Waals surface area contributed by atoms with Crippen molar-refractivity contribution in [2.75, 3.05) is 26.2 Å². The van der Waals surface area contributed by atoms with Gasteiger partial charge in [-0.2, -0.15) is 0 Å². The lowest BCUT2D eigenvalue weighted by atomic mass is 9.76. The fraction of sp³-hybridized carbons (Fsp3) is 0.650. The average Bonchev–Trinajstić information content (AvgIpc) is 2.91. The van der Waals surface area contributed by atoms with Gasteiger partial charge >= 0.3 is 5.97 Å². The van der Waals surface area contributed by atoms with Gasteiger partial charge in [-0.25, -0.2) is 4.39 Å². The molecule has 0 radical (unpaired) electrons. The van der Waals surface area contributed by atoms with Crippen LogP contribution in [0.2, 0.25) is 0 Å². The second-order valence-electron chi connectivity index (χ2n) is 7.90. The van der Waals surface area contributed by atoms with E-state index in [2.05, 4.69) is 16.7 Å². The molecule has 1 aromatic carbocycles.